The van der Waals surface area contributed by atoms with Crippen LogP contribution in [0.1, 0.15) is 69.2 Å². The highest BCUT2D eigenvalue weighted by Crippen LogP contribution is 2.65. The van der Waals surface area contributed by atoms with E-state index in [0.29, 0.717) is 16.9 Å². The smallest absolute Gasteiger partial charge is 0.0991 e. The van der Waals surface area contributed by atoms with Crippen LogP contribution in [0.3, 0.4) is 0 Å². The maximum absolute atomic E-state index is 10.7. The van der Waals surface area contributed by atoms with Crippen molar-refractivity contribution >= 4 is 0 Å². The second-order valence-corrected chi connectivity index (χ2v) is 11.4. The molecule has 3 fully saturated rings. The van der Waals surface area contributed by atoms with E-state index in [1.54, 1.807) is 0 Å². The molecule has 1 aromatic heterocycles. The molecule has 4 heteroatoms. The van der Waals surface area contributed by atoms with Crippen molar-refractivity contribution < 1.29 is 5.11 Å². The van der Waals surface area contributed by atoms with Crippen LogP contribution in [-0.4, -0.2) is 21.0 Å². The molecule has 0 amide bonds. The SMILES string of the molecule is C[C@]12Cc3cn(-c4ccc(C#N)cc4)nc3C[C@@H]1CC[C@@H]1[C@@H]2CC[C@]2(C)[C@@H](O)CC[C@@H]12. The standard InChI is InChI=1S/C27H33N3O/c1-26-12-11-23-21(22(26)9-10-25(26)31)8-5-19-13-24-18(14-27(19,23)2)16-30(29-24)20-6-3-17(15-28)4-7-20/h3-4,6-7,16,19,21-23,25,31H,5,8-14H2,1-2H3/t19-,21-,22-,23-,25-,26-,27-/m0/s1. The van der Waals surface area contributed by atoms with E-state index in [2.05, 4.69) is 26.1 Å². The summed E-state index contributed by atoms with van der Waals surface area (Å²) >= 11 is 0. The van der Waals surface area contributed by atoms with Crippen molar-refractivity contribution in [1.29, 1.82) is 5.26 Å². The Hall–Kier alpha value is -2.12. The van der Waals surface area contributed by atoms with Crippen LogP contribution < -0.4 is 0 Å². The fourth-order valence-electron chi connectivity index (χ4n) is 8.35. The summed E-state index contributed by atoms with van der Waals surface area (Å²) in [5.41, 5.74) is 4.93. The molecule has 2 aromatic rings. The predicted octanol–water partition coefficient (Wildman–Crippen LogP) is 5.06. The summed E-state index contributed by atoms with van der Waals surface area (Å²) in [5.74, 6) is 3.00. The number of aliphatic hydroxyl groups is 1. The Morgan fingerprint density at radius 3 is 2.58 bits per heavy atom. The first-order valence-corrected chi connectivity index (χ1v) is 12.2. The Labute approximate surface area is 185 Å². The molecule has 4 nitrogen and oxygen atoms in total. The van der Waals surface area contributed by atoms with E-state index in [0.717, 1.165) is 42.7 Å². The lowest BCUT2D eigenvalue weighted by molar-refractivity contribution is -0.111. The third-order valence-corrected chi connectivity index (χ3v) is 10.2. The summed E-state index contributed by atoms with van der Waals surface area (Å²) in [7, 11) is 0. The van der Waals surface area contributed by atoms with E-state index >= 15 is 0 Å². The maximum atomic E-state index is 10.7. The summed E-state index contributed by atoms with van der Waals surface area (Å²) in [4.78, 5) is 0. The van der Waals surface area contributed by atoms with E-state index in [4.69, 9.17) is 10.4 Å². The number of fused-ring (bicyclic) bond motifs is 6. The van der Waals surface area contributed by atoms with Crippen LogP contribution >= 0.6 is 0 Å². The predicted molar refractivity (Wildman–Crippen MR) is 120 cm³/mol. The highest BCUT2D eigenvalue weighted by atomic mass is 16.3. The molecule has 0 saturated heterocycles. The minimum atomic E-state index is -0.0902. The molecule has 0 radical (unpaired) electrons. The maximum Gasteiger partial charge on any atom is 0.0991 e. The monoisotopic (exact) mass is 415 g/mol. The normalized spacial score (nSPS) is 40.9. The van der Waals surface area contributed by atoms with Crippen molar-refractivity contribution in [1.82, 2.24) is 9.78 Å². The molecule has 0 aliphatic heterocycles. The summed E-state index contributed by atoms with van der Waals surface area (Å²) in [6.45, 7) is 4.95. The molecule has 0 spiro atoms. The van der Waals surface area contributed by atoms with Crippen molar-refractivity contribution in [3.63, 3.8) is 0 Å². The van der Waals surface area contributed by atoms with E-state index < -0.39 is 0 Å². The minimum absolute atomic E-state index is 0.0902. The van der Waals surface area contributed by atoms with Crippen LogP contribution in [0.4, 0.5) is 0 Å². The van der Waals surface area contributed by atoms with Gasteiger partial charge in [0.1, 0.15) is 0 Å². The third-order valence-electron chi connectivity index (χ3n) is 10.2. The lowest BCUT2D eigenvalue weighted by Gasteiger charge is -2.59. The first-order valence-electron chi connectivity index (χ1n) is 12.2. The van der Waals surface area contributed by atoms with Crippen molar-refractivity contribution in [3.8, 4) is 11.8 Å². The lowest BCUT2D eigenvalue weighted by Crippen LogP contribution is -2.54. The van der Waals surface area contributed by atoms with Crippen LogP contribution in [0.15, 0.2) is 30.5 Å². The molecular formula is C27H33N3O. The zero-order valence-corrected chi connectivity index (χ0v) is 18.7. The summed E-state index contributed by atoms with van der Waals surface area (Å²) in [6.07, 6.45) is 11.7. The Kier molecular flexibility index (Phi) is 4.22. The minimum Gasteiger partial charge on any atom is -0.393 e. The second-order valence-electron chi connectivity index (χ2n) is 11.4. The van der Waals surface area contributed by atoms with Crippen LogP contribution in [0.2, 0.25) is 0 Å². The summed E-state index contributed by atoms with van der Waals surface area (Å²) < 4.78 is 2.02. The van der Waals surface area contributed by atoms with Crippen LogP contribution in [0.25, 0.3) is 5.69 Å². The van der Waals surface area contributed by atoms with Crippen molar-refractivity contribution in [2.75, 3.05) is 0 Å². The topological polar surface area (TPSA) is 61.8 Å². The zero-order chi connectivity index (χ0) is 21.4. The highest BCUT2D eigenvalue weighted by molar-refractivity contribution is 5.40. The van der Waals surface area contributed by atoms with Gasteiger partial charge in [0, 0.05) is 6.20 Å². The van der Waals surface area contributed by atoms with Crippen LogP contribution in [0.5, 0.6) is 0 Å². The van der Waals surface area contributed by atoms with Gasteiger partial charge in [-0.2, -0.15) is 10.4 Å². The highest BCUT2D eigenvalue weighted by Gasteiger charge is 2.60. The van der Waals surface area contributed by atoms with Gasteiger partial charge in [0.15, 0.2) is 0 Å². The number of nitriles is 1. The quantitative estimate of drug-likeness (QED) is 0.708. The molecule has 4 aliphatic carbocycles. The van der Waals surface area contributed by atoms with Gasteiger partial charge in [-0.15, -0.1) is 0 Å². The molecular weight excluding hydrogens is 382 g/mol. The van der Waals surface area contributed by atoms with E-state index in [9.17, 15) is 5.11 Å². The number of aromatic nitrogens is 2. The van der Waals surface area contributed by atoms with Gasteiger partial charge in [0.25, 0.3) is 0 Å². The molecule has 0 bridgehead atoms. The van der Waals surface area contributed by atoms with Crippen LogP contribution in [0, 0.1) is 45.8 Å². The van der Waals surface area contributed by atoms with Gasteiger partial charge in [-0.1, -0.05) is 13.8 Å². The van der Waals surface area contributed by atoms with E-state index in [1.165, 1.54) is 43.4 Å². The number of hydrogen-bond donors (Lipinski definition) is 1. The molecule has 162 valence electrons. The molecule has 31 heavy (non-hydrogen) atoms. The molecule has 4 aliphatic rings. The van der Waals surface area contributed by atoms with Gasteiger partial charge in [-0.3, -0.25) is 0 Å². The summed E-state index contributed by atoms with van der Waals surface area (Å²) in [6, 6.07) is 9.93. The third kappa shape index (κ3) is 2.72. The zero-order valence-electron chi connectivity index (χ0n) is 18.7. The average Bonchev–Trinajstić information content (AvgIpc) is 3.31. The number of rotatable bonds is 1. The van der Waals surface area contributed by atoms with Gasteiger partial charge in [-0.05, 0) is 116 Å². The first-order chi connectivity index (χ1) is 14.9. The second kappa shape index (κ2) is 6.69. The van der Waals surface area contributed by atoms with Crippen molar-refractivity contribution in [3.05, 3.63) is 47.3 Å². The molecule has 1 aromatic carbocycles. The molecule has 6 rings (SSSR count). The fourth-order valence-corrected chi connectivity index (χ4v) is 8.35. The van der Waals surface area contributed by atoms with Crippen molar-refractivity contribution in [2.24, 2.45) is 34.5 Å². The van der Waals surface area contributed by atoms with Gasteiger partial charge in [0.2, 0.25) is 0 Å². The Morgan fingerprint density at radius 2 is 1.81 bits per heavy atom. The van der Waals surface area contributed by atoms with E-state index in [-0.39, 0.29) is 11.5 Å². The van der Waals surface area contributed by atoms with Crippen molar-refractivity contribution in [2.45, 2.75) is 71.3 Å². The average molecular weight is 416 g/mol. The molecule has 0 unspecified atom stereocenters. The largest absolute Gasteiger partial charge is 0.393 e. The van der Waals surface area contributed by atoms with Crippen LogP contribution in [-0.2, 0) is 12.8 Å². The van der Waals surface area contributed by atoms with Gasteiger partial charge in [-0.25, -0.2) is 4.68 Å². The molecule has 1 heterocycles. The molecule has 7 atom stereocenters. The Balaban J connectivity index is 1.31. The number of aliphatic hydroxyl groups excluding tert-OH is 1. The molecule has 1 N–H and O–H groups in total. The number of nitrogens with zero attached hydrogens (tertiary/aromatic N) is 3. The van der Waals surface area contributed by atoms with E-state index in [1.807, 2.05) is 28.9 Å². The fraction of sp³-hybridized carbons (Fsp3) is 0.630. The van der Waals surface area contributed by atoms with Gasteiger partial charge >= 0.3 is 0 Å². The van der Waals surface area contributed by atoms with Gasteiger partial charge in [0.05, 0.1) is 29.1 Å². The lowest BCUT2D eigenvalue weighted by atomic mass is 9.45. The van der Waals surface area contributed by atoms with Gasteiger partial charge < -0.3 is 5.11 Å². The first kappa shape index (κ1) is 19.6. The number of hydrogen-bond acceptors (Lipinski definition) is 3. The molecule has 3 saturated carbocycles. The number of benzene rings is 1. The Bertz CT molecular complexity index is 1050. The summed E-state index contributed by atoms with van der Waals surface area (Å²) in [5, 5.41) is 24.8. The Morgan fingerprint density at radius 1 is 1.03 bits per heavy atom.